The highest BCUT2D eigenvalue weighted by atomic mass is 16.2. The Hall–Kier alpha value is -2.42. The van der Waals surface area contributed by atoms with E-state index in [9.17, 15) is 9.59 Å². The predicted molar refractivity (Wildman–Crippen MR) is 92.8 cm³/mol. The van der Waals surface area contributed by atoms with Crippen molar-refractivity contribution < 1.29 is 9.59 Å². The van der Waals surface area contributed by atoms with Crippen LogP contribution in [0.4, 0.5) is 0 Å². The van der Waals surface area contributed by atoms with Gasteiger partial charge in [0.05, 0.1) is 5.56 Å². The van der Waals surface area contributed by atoms with Crippen LogP contribution >= 0.6 is 0 Å². The Labute approximate surface area is 137 Å². The van der Waals surface area contributed by atoms with Crippen LogP contribution in [0, 0.1) is 0 Å². The summed E-state index contributed by atoms with van der Waals surface area (Å²) in [5.74, 6) is -0.225. The van der Waals surface area contributed by atoms with Crippen LogP contribution in [0.25, 0.3) is 0 Å². The number of hydrogen-bond donors (Lipinski definition) is 0. The lowest BCUT2D eigenvalue weighted by molar-refractivity contribution is 0.0640. The lowest BCUT2D eigenvalue weighted by Crippen LogP contribution is -2.42. The molecule has 2 rings (SSSR count). The van der Waals surface area contributed by atoms with Crippen molar-refractivity contribution in [1.82, 2.24) is 4.90 Å². The first kappa shape index (κ1) is 16.9. The van der Waals surface area contributed by atoms with Gasteiger partial charge in [-0.25, -0.2) is 0 Å². The molecule has 120 valence electrons. The van der Waals surface area contributed by atoms with Crippen molar-refractivity contribution in [2.75, 3.05) is 0 Å². The Morgan fingerprint density at radius 3 is 1.74 bits per heavy atom. The summed E-state index contributed by atoms with van der Waals surface area (Å²) in [5, 5.41) is 0. The maximum Gasteiger partial charge on any atom is 0.255 e. The highest BCUT2D eigenvalue weighted by Crippen LogP contribution is 2.19. The molecule has 0 aliphatic heterocycles. The quantitative estimate of drug-likeness (QED) is 0.777. The Balaban J connectivity index is 2.45. The second-order valence-electron chi connectivity index (χ2n) is 6.14. The molecule has 23 heavy (non-hydrogen) atoms. The van der Waals surface area contributed by atoms with Gasteiger partial charge in [-0.2, -0.15) is 0 Å². The number of ketones is 1. The van der Waals surface area contributed by atoms with E-state index in [4.69, 9.17) is 0 Å². The van der Waals surface area contributed by atoms with Gasteiger partial charge < -0.3 is 4.90 Å². The smallest absolute Gasteiger partial charge is 0.255 e. The molecule has 0 saturated heterocycles. The van der Waals surface area contributed by atoms with Crippen LogP contribution in [-0.2, 0) is 0 Å². The lowest BCUT2D eigenvalue weighted by atomic mass is 9.97. The molecule has 0 heterocycles. The highest BCUT2D eigenvalue weighted by Gasteiger charge is 2.25. The summed E-state index contributed by atoms with van der Waals surface area (Å²) < 4.78 is 0. The number of amides is 1. The van der Waals surface area contributed by atoms with Gasteiger partial charge in [-0.1, -0.05) is 48.5 Å². The second kappa shape index (κ2) is 7.23. The topological polar surface area (TPSA) is 37.4 Å². The third-order valence-corrected chi connectivity index (χ3v) is 3.79. The van der Waals surface area contributed by atoms with Crippen molar-refractivity contribution in [3.63, 3.8) is 0 Å². The van der Waals surface area contributed by atoms with Gasteiger partial charge in [0.25, 0.3) is 5.91 Å². The third kappa shape index (κ3) is 3.67. The van der Waals surface area contributed by atoms with Crippen molar-refractivity contribution >= 4 is 11.7 Å². The van der Waals surface area contributed by atoms with E-state index in [1.807, 2.05) is 45.9 Å². The molecule has 2 aromatic carbocycles. The van der Waals surface area contributed by atoms with E-state index < -0.39 is 0 Å². The Morgan fingerprint density at radius 2 is 1.22 bits per heavy atom. The number of nitrogens with zero attached hydrogens (tertiary/aromatic N) is 1. The summed E-state index contributed by atoms with van der Waals surface area (Å²) in [4.78, 5) is 27.5. The molecule has 0 radical (unpaired) electrons. The fraction of sp³-hybridized carbons (Fsp3) is 0.300. The van der Waals surface area contributed by atoms with E-state index in [-0.39, 0.29) is 23.8 Å². The van der Waals surface area contributed by atoms with Crippen molar-refractivity contribution in [2.45, 2.75) is 39.8 Å². The Morgan fingerprint density at radius 1 is 0.739 bits per heavy atom. The van der Waals surface area contributed by atoms with Crippen molar-refractivity contribution in [3.8, 4) is 0 Å². The summed E-state index contributed by atoms with van der Waals surface area (Å²) in [6.45, 7) is 7.94. The van der Waals surface area contributed by atoms with Crippen LogP contribution < -0.4 is 0 Å². The average molecular weight is 309 g/mol. The van der Waals surface area contributed by atoms with Crippen LogP contribution in [-0.4, -0.2) is 28.7 Å². The predicted octanol–water partition coefficient (Wildman–Crippen LogP) is 4.18. The van der Waals surface area contributed by atoms with E-state index in [1.54, 1.807) is 41.3 Å². The van der Waals surface area contributed by atoms with Crippen molar-refractivity contribution in [3.05, 3.63) is 71.3 Å². The fourth-order valence-corrected chi connectivity index (χ4v) is 2.82. The van der Waals surface area contributed by atoms with Gasteiger partial charge in [-0.05, 0) is 33.8 Å². The molecule has 0 aliphatic carbocycles. The summed E-state index contributed by atoms with van der Waals surface area (Å²) in [6.07, 6.45) is 0. The lowest BCUT2D eigenvalue weighted by Gasteiger charge is -2.31. The number of hydrogen-bond acceptors (Lipinski definition) is 2. The molecular formula is C20H23NO2. The van der Waals surface area contributed by atoms with Crippen LogP contribution in [0.1, 0.15) is 54.0 Å². The molecule has 0 spiro atoms. The maximum absolute atomic E-state index is 13.0. The molecular weight excluding hydrogens is 286 g/mol. The fourth-order valence-electron chi connectivity index (χ4n) is 2.82. The van der Waals surface area contributed by atoms with Gasteiger partial charge in [-0.3, -0.25) is 9.59 Å². The maximum atomic E-state index is 13.0. The van der Waals surface area contributed by atoms with Gasteiger partial charge in [0.15, 0.2) is 5.78 Å². The third-order valence-electron chi connectivity index (χ3n) is 3.79. The molecule has 1 amide bonds. The average Bonchev–Trinajstić information content (AvgIpc) is 2.54. The highest BCUT2D eigenvalue weighted by molar-refractivity contribution is 6.15. The molecule has 3 nitrogen and oxygen atoms in total. The van der Waals surface area contributed by atoms with E-state index in [0.29, 0.717) is 16.7 Å². The molecule has 2 aromatic rings. The minimum atomic E-state index is -0.123. The van der Waals surface area contributed by atoms with Crippen LogP contribution in [0.3, 0.4) is 0 Å². The summed E-state index contributed by atoms with van der Waals surface area (Å²) in [6, 6.07) is 16.3. The first-order valence-corrected chi connectivity index (χ1v) is 7.95. The zero-order valence-electron chi connectivity index (χ0n) is 14.1. The number of benzene rings is 2. The first-order chi connectivity index (χ1) is 10.9. The monoisotopic (exact) mass is 309 g/mol. The summed E-state index contributed by atoms with van der Waals surface area (Å²) >= 11 is 0. The van der Waals surface area contributed by atoms with Crippen molar-refractivity contribution in [2.24, 2.45) is 0 Å². The number of rotatable bonds is 5. The SMILES string of the molecule is CC(C)N(C(=O)c1ccccc1C(=O)c1ccccc1)C(C)C. The van der Waals surface area contributed by atoms with Gasteiger partial charge in [0.1, 0.15) is 0 Å². The van der Waals surface area contributed by atoms with E-state index in [0.717, 1.165) is 0 Å². The number of carbonyl (C=O) groups is 2. The standard InChI is InChI=1S/C20H23NO2/c1-14(2)21(15(3)4)20(23)18-13-9-8-12-17(18)19(22)16-10-6-5-7-11-16/h5-15H,1-4H3. The molecule has 0 aromatic heterocycles. The Bertz CT molecular complexity index is 682. The zero-order chi connectivity index (χ0) is 17.0. The summed E-state index contributed by atoms with van der Waals surface area (Å²) in [7, 11) is 0. The van der Waals surface area contributed by atoms with Gasteiger partial charge >= 0.3 is 0 Å². The van der Waals surface area contributed by atoms with Crippen molar-refractivity contribution in [1.29, 1.82) is 0 Å². The largest absolute Gasteiger partial charge is 0.334 e. The normalized spacial score (nSPS) is 10.9. The minimum absolute atomic E-state index is 0.0717. The van der Waals surface area contributed by atoms with Gasteiger partial charge in [-0.15, -0.1) is 0 Å². The molecule has 0 N–H and O–H groups in total. The molecule has 0 atom stereocenters. The minimum Gasteiger partial charge on any atom is -0.334 e. The van der Waals surface area contributed by atoms with Gasteiger partial charge in [0, 0.05) is 23.2 Å². The molecule has 0 unspecified atom stereocenters. The molecule has 0 fully saturated rings. The van der Waals surface area contributed by atoms with E-state index >= 15 is 0 Å². The summed E-state index contributed by atoms with van der Waals surface area (Å²) in [5.41, 5.74) is 1.51. The van der Waals surface area contributed by atoms with Crippen LogP contribution in [0.2, 0.25) is 0 Å². The molecule has 0 aliphatic rings. The first-order valence-electron chi connectivity index (χ1n) is 7.95. The van der Waals surface area contributed by atoms with E-state index in [2.05, 4.69) is 0 Å². The van der Waals surface area contributed by atoms with Crippen LogP contribution in [0.5, 0.6) is 0 Å². The van der Waals surface area contributed by atoms with E-state index in [1.165, 1.54) is 0 Å². The van der Waals surface area contributed by atoms with Crippen LogP contribution in [0.15, 0.2) is 54.6 Å². The molecule has 0 saturated carbocycles. The zero-order valence-corrected chi connectivity index (χ0v) is 14.1. The van der Waals surface area contributed by atoms with Gasteiger partial charge in [0.2, 0.25) is 0 Å². The molecule has 0 bridgehead atoms. The number of carbonyl (C=O) groups excluding carboxylic acids is 2. The second-order valence-corrected chi connectivity index (χ2v) is 6.14. The molecule has 3 heteroatoms. The Kier molecular flexibility index (Phi) is 5.32.